The first-order chi connectivity index (χ1) is 8.88. The van der Waals surface area contributed by atoms with Gasteiger partial charge in [0.15, 0.2) is 9.84 Å². The smallest absolute Gasteiger partial charge is 0.175 e. The van der Waals surface area contributed by atoms with Crippen molar-refractivity contribution in [3.63, 3.8) is 0 Å². The summed E-state index contributed by atoms with van der Waals surface area (Å²) in [4.78, 5) is 0.183. The Morgan fingerprint density at radius 1 is 1.05 bits per heavy atom. The Bertz CT molecular complexity index is 678. The van der Waals surface area contributed by atoms with Crippen LogP contribution in [-0.2, 0) is 9.84 Å². The van der Waals surface area contributed by atoms with Gasteiger partial charge in [0.05, 0.1) is 4.90 Å². The largest absolute Gasteiger partial charge is 0.384 e. The van der Waals surface area contributed by atoms with Gasteiger partial charge in [-0.2, -0.15) is 0 Å². The number of hydrogen-bond donors (Lipinski definition) is 1. The molecule has 0 bridgehead atoms. The molecule has 0 heterocycles. The topological polar surface area (TPSA) is 54.4 Å². The maximum Gasteiger partial charge on any atom is 0.175 e. The van der Waals surface area contributed by atoms with Gasteiger partial charge < -0.3 is 5.11 Å². The third kappa shape index (κ3) is 3.19. The minimum Gasteiger partial charge on any atom is -0.384 e. The molecule has 19 heavy (non-hydrogen) atoms. The summed E-state index contributed by atoms with van der Waals surface area (Å²) in [5.41, 5.74) is 0.935. The molecule has 0 saturated carbocycles. The summed E-state index contributed by atoms with van der Waals surface area (Å²) in [6.07, 6.45) is 0.134. The van der Waals surface area contributed by atoms with Crippen LogP contribution in [0.1, 0.15) is 17.2 Å². The van der Waals surface area contributed by atoms with E-state index in [1.54, 1.807) is 6.07 Å². The van der Waals surface area contributed by atoms with Crippen molar-refractivity contribution in [3.8, 4) is 0 Å². The zero-order chi connectivity index (χ0) is 14.0. The van der Waals surface area contributed by atoms with Gasteiger partial charge in [-0.15, -0.1) is 0 Å². The molecule has 0 spiro atoms. The van der Waals surface area contributed by atoms with Crippen LogP contribution in [0.2, 0.25) is 0 Å². The Hall–Kier alpha value is -1.72. The molecule has 2 aromatic rings. The van der Waals surface area contributed by atoms with Crippen molar-refractivity contribution in [3.05, 3.63) is 65.5 Å². The maximum atomic E-state index is 13.1. The molecule has 0 aliphatic rings. The predicted octanol–water partition coefficient (Wildman–Crippen LogP) is 2.31. The molecule has 100 valence electrons. The molecule has 5 heteroatoms. The average Bonchev–Trinajstić information content (AvgIpc) is 2.37. The Morgan fingerprint density at radius 3 is 2.21 bits per heavy atom. The first kappa shape index (κ1) is 13.7. The molecule has 2 rings (SSSR count). The van der Waals surface area contributed by atoms with Crippen molar-refractivity contribution >= 4 is 9.84 Å². The van der Waals surface area contributed by atoms with Crippen LogP contribution < -0.4 is 0 Å². The second-order valence-corrected chi connectivity index (χ2v) is 6.31. The fourth-order valence-electron chi connectivity index (χ4n) is 1.77. The second kappa shape index (κ2) is 5.11. The number of aliphatic hydroxyl groups is 1. The molecular weight excluding hydrogens is 267 g/mol. The van der Waals surface area contributed by atoms with Crippen molar-refractivity contribution in [2.75, 3.05) is 6.26 Å². The minimum absolute atomic E-state index is 0.183. The van der Waals surface area contributed by atoms with Gasteiger partial charge in [-0.25, -0.2) is 12.8 Å². The predicted molar refractivity (Wildman–Crippen MR) is 70.0 cm³/mol. The lowest BCUT2D eigenvalue weighted by atomic mass is 10.0. The van der Waals surface area contributed by atoms with Gasteiger partial charge in [0.25, 0.3) is 0 Å². The Balaban J connectivity index is 2.32. The number of sulfone groups is 1. The molecule has 0 saturated heterocycles. The Kier molecular flexibility index (Phi) is 3.68. The van der Waals surface area contributed by atoms with Crippen molar-refractivity contribution in [2.45, 2.75) is 11.0 Å². The highest BCUT2D eigenvalue weighted by atomic mass is 32.2. The van der Waals surface area contributed by atoms with Crippen LogP contribution in [0.4, 0.5) is 4.39 Å². The van der Waals surface area contributed by atoms with Crippen LogP contribution in [0.25, 0.3) is 0 Å². The average molecular weight is 280 g/mol. The summed E-state index contributed by atoms with van der Waals surface area (Å²) in [6.45, 7) is 0. The molecule has 0 aliphatic heterocycles. The van der Waals surface area contributed by atoms with Crippen molar-refractivity contribution in [1.82, 2.24) is 0 Å². The van der Waals surface area contributed by atoms with Gasteiger partial charge in [0.1, 0.15) is 11.9 Å². The van der Waals surface area contributed by atoms with Crippen molar-refractivity contribution in [2.24, 2.45) is 0 Å². The molecule has 0 aromatic heterocycles. The van der Waals surface area contributed by atoms with E-state index in [-0.39, 0.29) is 4.90 Å². The third-order valence-corrected chi connectivity index (χ3v) is 3.92. The van der Waals surface area contributed by atoms with Crippen molar-refractivity contribution < 1.29 is 17.9 Å². The first-order valence-electron chi connectivity index (χ1n) is 5.61. The van der Waals surface area contributed by atoms with E-state index in [0.29, 0.717) is 11.1 Å². The fraction of sp³-hybridized carbons (Fsp3) is 0.143. The second-order valence-electron chi connectivity index (χ2n) is 4.30. The summed E-state index contributed by atoms with van der Waals surface area (Å²) in [5.74, 6) is -0.427. The van der Waals surface area contributed by atoms with Crippen LogP contribution in [0, 0.1) is 5.82 Å². The van der Waals surface area contributed by atoms with E-state index < -0.39 is 21.8 Å². The molecular formula is C14H13FO3S. The van der Waals surface area contributed by atoms with E-state index in [4.69, 9.17) is 0 Å². The van der Waals surface area contributed by atoms with E-state index in [1.165, 1.54) is 42.5 Å². The zero-order valence-corrected chi connectivity index (χ0v) is 11.1. The summed E-state index contributed by atoms with van der Waals surface area (Å²) >= 11 is 0. The first-order valence-corrected chi connectivity index (χ1v) is 7.50. The normalized spacial score (nSPS) is 13.2. The lowest BCUT2D eigenvalue weighted by Crippen LogP contribution is -2.02. The number of rotatable bonds is 3. The van der Waals surface area contributed by atoms with Crippen LogP contribution in [0.15, 0.2) is 53.4 Å². The van der Waals surface area contributed by atoms with Gasteiger partial charge >= 0.3 is 0 Å². The molecule has 1 unspecified atom stereocenters. The molecule has 0 fully saturated rings. The monoisotopic (exact) mass is 280 g/mol. The fourth-order valence-corrected chi connectivity index (χ4v) is 2.40. The summed E-state index contributed by atoms with van der Waals surface area (Å²) < 4.78 is 35.7. The Morgan fingerprint density at radius 2 is 1.68 bits per heavy atom. The maximum absolute atomic E-state index is 13.1. The van der Waals surface area contributed by atoms with Crippen LogP contribution in [0.5, 0.6) is 0 Å². The third-order valence-electron chi connectivity index (χ3n) is 2.79. The van der Waals surface area contributed by atoms with Gasteiger partial charge in [-0.1, -0.05) is 24.3 Å². The highest BCUT2D eigenvalue weighted by Crippen LogP contribution is 2.23. The minimum atomic E-state index is -3.26. The summed E-state index contributed by atoms with van der Waals surface area (Å²) in [5, 5.41) is 10.1. The van der Waals surface area contributed by atoms with E-state index in [9.17, 15) is 17.9 Å². The van der Waals surface area contributed by atoms with Crippen LogP contribution in [-0.4, -0.2) is 19.8 Å². The molecule has 2 aromatic carbocycles. The van der Waals surface area contributed by atoms with Gasteiger partial charge in [0.2, 0.25) is 0 Å². The van der Waals surface area contributed by atoms with Crippen LogP contribution >= 0.6 is 0 Å². The lowest BCUT2D eigenvalue weighted by Gasteiger charge is -2.12. The van der Waals surface area contributed by atoms with E-state index >= 15 is 0 Å². The standard InChI is InChI=1S/C14H13FO3S/c1-19(17,18)13-7-5-10(6-8-13)14(16)11-3-2-4-12(15)9-11/h2-9,14,16H,1H3. The number of halogens is 1. The highest BCUT2D eigenvalue weighted by molar-refractivity contribution is 7.90. The zero-order valence-electron chi connectivity index (χ0n) is 10.2. The number of benzene rings is 2. The molecule has 3 nitrogen and oxygen atoms in total. The quantitative estimate of drug-likeness (QED) is 0.938. The SMILES string of the molecule is CS(=O)(=O)c1ccc(C(O)c2cccc(F)c2)cc1. The van der Waals surface area contributed by atoms with E-state index in [1.807, 2.05) is 0 Å². The van der Waals surface area contributed by atoms with E-state index in [0.717, 1.165) is 6.26 Å². The van der Waals surface area contributed by atoms with Crippen LogP contribution in [0.3, 0.4) is 0 Å². The lowest BCUT2D eigenvalue weighted by molar-refractivity contribution is 0.219. The summed E-state index contributed by atoms with van der Waals surface area (Å²) in [6, 6.07) is 11.5. The molecule has 0 amide bonds. The Labute approximate surface area is 111 Å². The molecule has 0 radical (unpaired) electrons. The highest BCUT2D eigenvalue weighted by Gasteiger charge is 2.13. The van der Waals surface area contributed by atoms with E-state index in [2.05, 4.69) is 0 Å². The van der Waals surface area contributed by atoms with Gasteiger partial charge in [-0.3, -0.25) is 0 Å². The van der Waals surface area contributed by atoms with Gasteiger partial charge in [-0.05, 0) is 35.4 Å². The van der Waals surface area contributed by atoms with Gasteiger partial charge in [0, 0.05) is 6.26 Å². The van der Waals surface area contributed by atoms with Crippen molar-refractivity contribution in [1.29, 1.82) is 0 Å². The molecule has 0 aliphatic carbocycles. The molecule has 1 atom stereocenters. The number of aliphatic hydroxyl groups excluding tert-OH is 1. The number of hydrogen-bond acceptors (Lipinski definition) is 3. The molecule has 1 N–H and O–H groups in total. The summed E-state index contributed by atoms with van der Waals surface area (Å²) in [7, 11) is -3.26.